The first-order chi connectivity index (χ1) is 10.4. The molecule has 1 saturated carbocycles. The van der Waals surface area contributed by atoms with Crippen molar-refractivity contribution < 1.29 is 19.1 Å². The molecule has 0 amide bonds. The topological polar surface area (TPSA) is 52.6 Å². The maximum atomic E-state index is 12.4. The Balaban J connectivity index is 2.03. The van der Waals surface area contributed by atoms with Crippen LogP contribution >= 0.6 is 0 Å². The predicted octanol–water partition coefficient (Wildman–Crippen LogP) is 3.60. The van der Waals surface area contributed by atoms with Crippen LogP contribution in [0, 0.1) is 11.3 Å². The van der Waals surface area contributed by atoms with Gasteiger partial charge in [-0.2, -0.15) is 0 Å². The maximum absolute atomic E-state index is 12.4. The number of carbonyl (C=O) groups excluding carboxylic acids is 2. The normalized spacial score (nSPS) is 24.3. The number of rotatable bonds is 5. The quantitative estimate of drug-likeness (QED) is 0.780. The Hall–Kier alpha value is -1.84. The van der Waals surface area contributed by atoms with Crippen molar-refractivity contribution in [3.05, 3.63) is 35.9 Å². The molecule has 120 valence electrons. The first-order valence-corrected chi connectivity index (χ1v) is 7.86. The predicted molar refractivity (Wildman–Crippen MR) is 83.4 cm³/mol. The van der Waals surface area contributed by atoms with Gasteiger partial charge in [-0.05, 0) is 44.2 Å². The number of esters is 2. The second kappa shape index (κ2) is 6.95. The Kier molecular flexibility index (Phi) is 5.22. The van der Waals surface area contributed by atoms with Crippen LogP contribution in [0.2, 0.25) is 0 Å². The van der Waals surface area contributed by atoms with Crippen molar-refractivity contribution in [3.8, 4) is 0 Å². The summed E-state index contributed by atoms with van der Waals surface area (Å²) in [5, 5.41) is 0. The van der Waals surface area contributed by atoms with E-state index < -0.39 is 11.5 Å². The average Bonchev–Trinajstić information content (AvgIpc) is 2.88. The lowest BCUT2D eigenvalue weighted by Gasteiger charge is -2.29. The minimum absolute atomic E-state index is 0.260. The summed E-state index contributed by atoms with van der Waals surface area (Å²) in [5.74, 6) is -0.348. The Morgan fingerprint density at radius 2 is 1.95 bits per heavy atom. The second-order valence-corrected chi connectivity index (χ2v) is 6.56. The van der Waals surface area contributed by atoms with Gasteiger partial charge in [-0.1, -0.05) is 32.0 Å². The van der Waals surface area contributed by atoms with E-state index in [2.05, 4.69) is 0 Å². The molecule has 2 unspecified atom stereocenters. The highest BCUT2D eigenvalue weighted by molar-refractivity contribution is 5.90. The molecule has 0 N–H and O–H groups in total. The van der Waals surface area contributed by atoms with Crippen LogP contribution in [0.1, 0.15) is 50.4 Å². The van der Waals surface area contributed by atoms with Gasteiger partial charge in [0, 0.05) is 0 Å². The third-order valence-electron chi connectivity index (χ3n) is 4.15. The van der Waals surface area contributed by atoms with Crippen LogP contribution in [-0.2, 0) is 14.3 Å². The molecule has 22 heavy (non-hydrogen) atoms. The fourth-order valence-electron chi connectivity index (χ4n) is 2.74. The zero-order chi connectivity index (χ0) is 16.2. The highest BCUT2D eigenvalue weighted by atomic mass is 16.6. The molecule has 0 aromatic heterocycles. The van der Waals surface area contributed by atoms with Crippen LogP contribution in [0.15, 0.2) is 30.3 Å². The van der Waals surface area contributed by atoms with Crippen LogP contribution in [0.5, 0.6) is 0 Å². The van der Waals surface area contributed by atoms with Crippen molar-refractivity contribution in [1.82, 2.24) is 0 Å². The van der Waals surface area contributed by atoms with Crippen molar-refractivity contribution in [2.24, 2.45) is 11.3 Å². The van der Waals surface area contributed by atoms with Crippen molar-refractivity contribution >= 4 is 11.9 Å². The van der Waals surface area contributed by atoms with E-state index >= 15 is 0 Å². The number of hydrogen-bond acceptors (Lipinski definition) is 4. The largest absolute Gasteiger partial charge is 0.465 e. The Morgan fingerprint density at radius 1 is 1.27 bits per heavy atom. The van der Waals surface area contributed by atoms with Crippen LogP contribution in [-0.4, -0.2) is 24.6 Å². The van der Waals surface area contributed by atoms with Gasteiger partial charge in [-0.3, -0.25) is 4.79 Å². The SMILES string of the molecule is CC(C)COC(=O)C1(C)CCCC1OC(=O)c1ccccc1. The minimum Gasteiger partial charge on any atom is -0.465 e. The molecule has 0 spiro atoms. The molecule has 1 aliphatic rings. The summed E-state index contributed by atoms with van der Waals surface area (Å²) < 4.78 is 11.0. The maximum Gasteiger partial charge on any atom is 0.338 e. The molecule has 1 aromatic rings. The molecule has 0 heterocycles. The molecule has 2 rings (SSSR count). The van der Waals surface area contributed by atoms with E-state index in [1.807, 2.05) is 26.8 Å². The van der Waals surface area contributed by atoms with E-state index in [0.717, 1.165) is 6.42 Å². The first-order valence-electron chi connectivity index (χ1n) is 7.86. The van der Waals surface area contributed by atoms with E-state index in [9.17, 15) is 9.59 Å². The summed E-state index contributed by atoms with van der Waals surface area (Å²) in [6.07, 6.45) is 1.84. The molecule has 4 nitrogen and oxygen atoms in total. The van der Waals surface area contributed by atoms with Crippen molar-refractivity contribution in [1.29, 1.82) is 0 Å². The van der Waals surface area contributed by atoms with Crippen LogP contribution < -0.4 is 0 Å². The Morgan fingerprint density at radius 3 is 2.59 bits per heavy atom. The molecule has 0 bridgehead atoms. The Labute approximate surface area is 131 Å². The van der Waals surface area contributed by atoms with E-state index in [4.69, 9.17) is 9.47 Å². The van der Waals surface area contributed by atoms with Crippen molar-refractivity contribution in [2.75, 3.05) is 6.61 Å². The number of ether oxygens (including phenoxy) is 2. The van der Waals surface area contributed by atoms with Gasteiger partial charge in [-0.15, -0.1) is 0 Å². The molecule has 1 fully saturated rings. The standard InChI is InChI=1S/C18H24O4/c1-13(2)12-21-17(20)18(3)11-7-10-15(18)22-16(19)14-8-5-4-6-9-14/h4-6,8-9,13,15H,7,10-12H2,1-3H3. The van der Waals surface area contributed by atoms with Gasteiger partial charge in [0.25, 0.3) is 0 Å². The summed E-state index contributed by atoms with van der Waals surface area (Å²) in [4.78, 5) is 24.6. The van der Waals surface area contributed by atoms with Gasteiger partial charge < -0.3 is 9.47 Å². The van der Waals surface area contributed by atoms with E-state index in [0.29, 0.717) is 30.9 Å². The number of carbonyl (C=O) groups is 2. The fraction of sp³-hybridized carbons (Fsp3) is 0.556. The van der Waals surface area contributed by atoms with E-state index in [1.165, 1.54) is 0 Å². The molecule has 0 aliphatic heterocycles. The molecule has 2 atom stereocenters. The number of benzene rings is 1. The van der Waals surface area contributed by atoms with Gasteiger partial charge in [0.05, 0.1) is 12.2 Å². The van der Waals surface area contributed by atoms with Crippen LogP contribution in [0.4, 0.5) is 0 Å². The lowest BCUT2D eigenvalue weighted by molar-refractivity contribution is -0.161. The second-order valence-electron chi connectivity index (χ2n) is 6.56. The van der Waals surface area contributed by atoms with Crippen LogP contribution in [0.3, 0.4) is 0 Å². The molecule has 1 aliphatic carbocycles. The summed E-state index contributed by atoms with van der Waals surface area (Å²) in [6, 6.07) is 8.86. The Bertz CT molecular complexity index is 523. The summed E-state index contributed by atoms with van der Waals surface area (Å²) >= 11 is 0. The molecule has 0 saturated heterocycles. The minimum atomic E-state index is -0.737. The van der Waals surface area contributed by atoms with E-state index in [1.54, 1.807) is 24.3 Å². The summed E-state index contributed by atoms with van der Waals surface area (Å²) in [5.41, 5.74) is -0.230. The molecular weight excluding hydrogens is 280 g/mol. The average molecular weight is 304 g/mol. The first kappa shape index (κ1) is 16.5. The van der Waals surface area contributed by atoms with Gasteiger partial charge >= 0.3 is 11.9 Å². The lowest BCUT2D eigenvalue weighted by atomic mass is 9.86. The zero-order valence-electron chi connectivity index (χ0n) is 13.5. The van der Waals surface area contributed by atoms with Gasteiger partial charge in [0.1, 0.15) is 11.5 Å². The van der Waals surface area contributed by atoms with Gasteiger partial charge in [-0.25, -0.2) is 4.79 Å². The number of hydrogen-bond donors (Lipinski definition) is 0. The fourth-order valence-corrected chi connectivity index (χ4v) is 2.74. The summed E-state index contributed by atoms with van der Waals surface area (Å²) in [6.45, 7) is 6.23. The van der Waals surface area contributed by atoms with Crippen molar-refractivity contribution in [3.63, 3.8) is 0 Å². The molecular formula is C18H24O4. The molecule has 1 aromatic carbocycles. The highest BCUT2D eigenvalue weighted by Crippen LogP contribution is 2.41. The third kappa shape index (κ3) is 3.67. The molecule has 4 heteroatoms. The van der Waals surface area contributed by atoms with Crippen molar-refractivity contribution in [2.45, 2.75) is 46.1 Å². The van der Waals surface area contributed by atoms with Gasteiger partial charge in [0.2, 0.25) is 0 Å². The smallest absolute Gasteiger partial charge is 0.338 e. The zero-order valence-corrected chi connectivity index (χ0v) is 13.5. The van der Waals surface area contributed by atoms with E-state index in [-0.39, 0.29) is 11.9 Å². The summed E-state index contributed by atoms with van der Waals surface area (Å²) in [7, 11) is 0. The molecule has 0 radical (unpaired) electrons. The lowest BCUT2D eigenvalue weighted by Crippen LogP contribution is -2.40. The third-order valence-corrected chi connectivity index (χ3v) is 4.15. The van der Waals surface area contributed by atoms with Crippen LogP contribution in [0.25, 0.3) is 0 Å². The highest BCUT2D eigenvalue weighted by Gasteiger charge is 2.48. The monoisotopic (exact) mass is 304 g/mol. The van der Waals surface area contributed by atoms with Gasteiger partial charge in [0.15, 0.2) is 0 Å².